The van der Waals surface area contributed by atoms with Crippen LogP contribution in [-0.4, -0.2) is 17.4 Å². The lowest BCUT2D eigenvalue weighted by Gasteiger charge is -2.11. The van der Waals surface area contributed by atoms with Crippen molar-refractivity contribution >= 4 is 42.1 Å². The number of halogens is 2. The summed E-state index contributed by atoms with van der Waals surface area (Å²) >= 11 is 1.68. The highest BCUT2D eigenvalue weighted by atomic mass is 35.5. The number of aromatic nitrogens is 1. The van der Waals surface area contributed by atoms with Crippen LogP contribution in [0.25, 0.3) is 0 Å². The summed E-state index contributed by atoms with van der Waals surface area (Å²) in [5.74, 6) is 0.438. The zero-order valence-corrected chi connectivity index (χ0v) is 16.3. The molecule has 0 fully saturated rings. The average Bonchev–Trinajstić information content (AvgIpc) is 2.97. The van der Waals surface area contributed by atoms with Gasteiger partial charge in [0.15, 0.2) is 0 Å². The maximum absolute atomic E-state index is 11.9. The van der Waals surface area contributed by atoms with Gasteiger partial charge in [-0.15, -0.1) is 36.2 Å². The van der Waals surface area contributed by atoms with Gasteiger partial charge in [-0.05, 0) is 5.56 Å². The molecule has 24 heavy (non-hydrogen) atoms. The first-order valence-electron chi connectivity index (χ1n) is 7.57. The minimum atomic E-state index is -0.256. The van der Waals surface area contributed by atoms with Gasteiger partial charge in [0.1, 0.15) is 0 Å². The Morgan fingerprint density at radius 3 is 2.50 bits per heavy atom. The van der Waals surface area contributed by atoms with Crippen LogP contribution >= 0.6 is 36.2 Å². The molecule has 3 N–H and O–H groups in total. The van der Waals surface area contributed by atoms with E-state index in [2.05, 4.69) is 29.5 Å². The van der Waals surface area contributed by atoms with E-state index in [4.69, 9.17) is 5.73 Å². The first-order valence-corrected chi connectivity index (χ1v) is 8.45. The molecule has 0 radical (unpaired) electrons. The molecule has 0 aliphatic heterocycles. The summed E-state index contributed by atoms with van der Waals surface area (Å²) < 4.78 is 0. The number of nitrogens with two attached hydrogens (primary N) is 1. The second-order valence-electron chi connectivity index (χ2n) is 5.65. The number of amides is 1. The van der Waals surface area contributed by atoms with Crippen molar-refractivity contribution in [2.45, 2.75) is 38.6 Å². The molecule has 1 atom stereocenters. The van der Waals surface area contributed by atoms with E-state index in [1.54, 1.807) is 11.3 Å². The standard InChI is InChI=1S/C17H23N3OS.2ClH/c1-12(2)17-20-14(11-22-17)8-9-19-16(21)10-15(18)13-6-4-3-5-7-13;;/h3-7,11-12,15H,8-10,18H2,1-2H3,(H,19,21);2*1H. The third-order valence-electron chi connectivity index (χ3n) is 3.40. The van der Waals surface area contributed by atoms with Gasteiger partial charge in [0.2, 0.25) is 5.91 Å². The molecule has 1 aromatic carbocycles. The Labute approximate surface area is 160 Å². The van der Waals surface area contributed by atoms with E-state index in [1.807, 2.05) is 30.3 Å². The van der Waals surface area contributed by atoms with Crippen molar-refractivity contribution in [2.75, 3.05) is 6.54 Å². The molecule has 2 rings (SSSR count). The molecule has 7 heteroatoms. The molecule has 0 spiro atoms. The highest BCUT2D eigenvalue weighted by molar-refractivity contribution is 7.09. The Bertz CT molecular complexity index is 605. The van der Waals surface area contributed by atoms with Gasteiger partial charge in [0, 0.05) is 36.7 Å². The maximum atomic E-state index is 11.9. The van der Waals surface area contributed by atoms with Crippen molar-refractivity contribution in [3.05, 3.63) is 52.0 Å². The van der Waals surface area contributed by atoms with Gasteiger partial charge in [-0.1, -0.05) is 44.2 Å². The largest absolute Gasteiger partial charge is 0.356 e. The highest BCUT2D eigenvalue weighted by Gasteiger charge is 2.11. The third kappa shape index (κ3) is 7.18. The summed E-state index contributed by atoms with van der Waals surface area (Å²) in [4.78, 5) is 16.5. The van der Waals surface area contributed by atoms with Crippen LogP contribution in [-0.2, 0) is 11.2 Å². The molecular weight excluding hydrogens is 365 g/mol. The van der Waals surface area contributed by atoms with Gasteiger partial charge in [-0.2, -0.15) is 0 Å². The summed E-state index contributed by atoms with van der Waals surface area (Å²) in [5.41, 5.74) is 8.07. The Hall–Kier alpha value is -1.14. The lowest BCUT2D eigenvalue weighted by atomic mass is 10.0. The number of hydrogen-bond acceptors (Lipinski definition) is 4. The Morgan fingerprint density at radius 1 is 1.25 bits per heavy atom. The molecule has 0 saturated heterocycles. The van der Waals surface area contributed by atoms with E-state index in [9.17, 15) is 4.79 Å². The second-order valence-corrected chi connectivity index (χ2v) is 6.54. The quantitative estimate of drug-likeness (QED) is 0.754. The molecule has 2 aromatic rings. The van der Waals surface area contributed by atoms with E-state index < -0.39 is 0 Å². The monoisotopic (exact) mass is 389 g/mol. The van der Waals surface area contributed by atoms with E-state index in [-0.39, 0.29) is 36.8 Å². The van der Waals surface area contributed by atoms with E-state index in [0.29, 0.717) is 18.9 Å². The molecular formula is C17H25Cl2N3OS. The third-order valence-corrected chi connectivity index (χ3v) is 4.59. The lowest BCUT2D eigenvalue weighted by Crippen LogP contribution is -2.29. The summed E-state index contributed by atoms with van der Waals surface area (Å²) in [7, 11) is 0. The fraction of sp³-hybridized carbons (Fsp3) is 0.412. The predicted octanol–water partition coefficient (Wildman–Crippen LogP) is 3.86. The van der Waals surface area contributed by atoms with Crippen molar-refractivity contribution in [2.24, 2.45) is 5.73 Å². The van der Waals surface area contributed by atoms with Gasteiger partial charge in [0.05, 0.1) is 10.7 Å². The molecule has 4 nitrogen and oxygen atoms in total. The van der Waals surface area contributed by atoms with Crippen LogP contribution in [0.15, 0.2) is 35.7 Å². The number of carbonyl (C=O) groups is 1. The highest BCUT2D eigenvalue weighted by Crippen LogP contribution is 2.19. The number of nitrogens with zero attached hydrogens (tertiary/aromatic N) is 1. The van der Waals surface area contributed by atoms with Crippen LogP contribution in [0.2, 0.25) is 0 Å². The number of carbonyl (C=O) groups excluding carboxylic acids is 1. The van der Waals surface area contributed by atoms with Crippen molar-refractivity contribution in [3.8, 4) is 0 Å². The van der Waals surface area contributed by atoms with Crippen LogP contribution < -0.4 is 11.1 Å². The van der Waals surface area contributed by atoms with Crippen LogP contribution in [0, 0.1) is 0 Å². The summed E-state index contributed by atoms with van der Waals surface area (Å²) in [5, 5.41) is 6.13. The molecule has 0 bridgehead atoms. The van der Waals surface area contributed by atoms with Gasteiger partial charge >= 0.3 is 0 Å². The Balaban J connectivity index is 0.00000264. The van der Waals surface area contributed by atoms with Crippen LogP contribution in [0.3, 0.4) is 0 Å². The topological polar surface area (TPSA) is 68.0 Å². The molecule has 0 aliphatic carbocycles. The molecule has 1 heterocycles. The predicted molar refractivity (Wildman–Crippen MR) is 105 cm³/mol. The number of benzene rings is 1. The van der Waals surface area contributed by atoms with Crippen LogP contribution in [0.1, 0.15) is 48.5 Å². The number of rotatable bonds is 7. The minimum Gasteiger partial charge on any atom is -0.356 e. The second kappa shape index (κ2) is 11.4. The first kappa shape index (κ1) is 22.9. The summed E-state index contributed by atoms with van der Waals surface area (Å²) in [6.45, 7) is 4.87. The van der Waals surface area contributed by atoms with E-state index in [1.165, 1.54) is 0 Å². The van der Waals surface area contributed by atoms with Gasteiger partial charge in [0.25, 0.3) is 0 Å². The summed E-state index contributed by atoms with van der Waals surface area (Å²) in [6.07, 6.45) is 1.06. The van der Waals surface area contributed by atoms with Gasteiger partial charge in [-0.25, -0.2) is 4.98 Å². The van der Waals surface area contributed by atoms with E-state index in [0.717, 1.165) is 22.7 Å². The number of thiazole rings is 1. The van der Waals surface area contributed by atoms with Crippen LogP contribution in [0.4, 0.5) is 0 Å². The fourth-order valence-electron chi connectivity index (χ4n) is 2.12. The van der Waals surface area contributed by atoms with Crippen molar-refractivity contribution in [3.63, 3.8) is 0 Å². The zero-order chi connectivity index (χ0) is 15.9. The normalized spacial score (nSPS) is 11.3. The zero-order valence-electron chi connectivity index (χ0n) is 13.9. The minimum absolute atomic E-state index is 0. The Kier molecular flexibility index (Phi) is 10.9. The maximum Gasteiger partial charge on any atom is 0.221 e. The van der Waals surface area contributed by atoms with Crippen molar-refractivity contribution in [1.29, 1.82) is 0 Å². The van der Waals surface area contributed by atoms with Gasteiger partial charge in [-0.3, -0.25) is 4.79 Å². The molecule has 134 valence electrons. The molecule has 1 aromatic heterocycles. The number of hydrogen-bond donors (Lipinski definition) is 2. The molecule has 0 aliphatic rings. The number of nitrogens with one attached hydrogen (secondary N) is 1. The summed E-state index contributed by atoms with van der Waals surface area (Å²) in [6, 6.07) is 9.44. The smallest absolute Gasteiger partial charge is 0.221 e. The van der Waals surface area contributed by atoms with Gasteiger partial charge < -0.3 is 11.1 Å². The van der Waals surface area contributed by atoms with Crippen molar-refractivity contribution in [1.82, 2.24) is 10.3 Å². The van der Waals surface area contributed by atoms with E-state index >= 15 is 0 Å². The van der Waals surface area contributed by atoms with Crippen molar-refractivity contribution < 1.29 is 4.79 Å². The average molecular weight is 390 g/mol. The Morgan fingerprint density at radius 2 is 1.92 bits per heavy atom. The molecule has 0 saturated carbocycles. The lowest BCUT2D eigenvalue weighted by molar-refractivity contribution is -0.121. The molecule has 1 amide bonds. The molecule has 1 unspecified atom stereocenters. The SMILES string of the molecule is CC(C)c1nc(CCNC(=O)CC(N)c2ccccc2)cs1.Cl.Cl. The first-order chi connectivity index (χ1) is 10.6. The van der Waals surface area contributed by atoms with Crippen LogP contribution in [0.5, 0.6) is 0 Å². The fourth-order valence-corrected chi connectivity index (χ4v) is 2.99.